The van der Waals surface area contributed by atoms with E-state index in [-0.39, 0.29) is 18.8 Å². The van der Waals surface area contributed by atoms with Crippen LogP contribution in [0.5, 0.6) is 11.8 Å². The molecule has 1 amide bonds. The lowest BCUT2D eigenvalue weighted by molar-refractivity contribution is 0.0533. The van der Waals surface area contributed by atoms with Gasteiger partial charge in [-0.05, 0) is 18.4 Å². The Morgan fingerprint density at radius 1 is 1.24 bits per heavy atom. The van der Waals surface area contributed by atoms with Crippen LogP contribution in [0.4, 0.5) is 4.79 Å². The third kappa shape index (κ3) is 4.82. The molecule has 0 radical (unpaired) electrons. The van der Waals surface area contributed by atoms with Gasteiger partial charge < -0.3 is 19.1 Å². The number of carbonyl (C=O) groups excluding carboxylic acids is 1. The minimum atomic E-state index is -0.325. The largest absolute Gasteiger partial charge is 0.480 e. The Kier molecular flexibility index (Phi) is 5.66. The molecule has 1 aliphatic heterocycles. The first-order valence-electron chi connectivity index (χ1n) is 8.23. The normalized spacial score (nSPS) is 17.0. The van der Waals surface area contributed by atoms with Crippen LogP contribution in [0.25, 0.3) is 0 Å². The van der Waals surface area contributed by atoms with Crippen molar-refractivity contribution in [2.75, 3.05) is 20.2 Å². The van der Waals surface area contributed by atoms with Gasteiger partial charge in [0.15, 0.2) is 0 Å². The van der Waals surface area contributed by atoms with Crippen LogP contribution >= 0.6 is 0 Å². The van der Waals surface area contributed by atoms with E-state index in [0.717, 1.165) is 18.4 Å². The first-order valence-corrected chi connectivity index (χ1v) is 8.23. The predicted octanol–water partition coefficient (Wildman–Crippen LogP) is 2.67. The summed E-state index contributed by atoms with van der Waals surface area (Å²) in [5.74, 6) is 0.788. The molecular formula is C18H21N3O4. The minimum absolute atomic E-state index is 0.139. The van der Waals surface area contributed by atoms with Crippen LogP contribution in [0.1, 0.15) is 18.4 Å². The molecule has 3 rings (SSSR count). The average Bonchev–Trinajstić information content (AvgIpc) is 2.67. The quantitative estimate of drug-likeness (QED) is 0.831. The van der Waals surface area contributed by atoms with E-state index in [2.05, 4.69) is 9.97 Å². The summed E-state index contributed by atoms with van der Waals surface area (Å²) in [6.07, 6.45) is 4.29. The van der Waals surface area contributed by atoms with Crippen LogP contribution in [0, 0.1) is 0 Å². The fourth-order valence-corrected chi connectivity index (χ4v) is 2.67. The number of aromatic nitrogens is 2. The fourth-order valence-electron chi connectivity index (χ4n) is 2.67. The van der Waals surface area contributed by atoms with E-state index in [1.54, 1.807) is 4.90 Å². The molecule has 0 saturated carbocycles. The van der Waals surface area contributed by atoms with Gasteiger partial charge in [-0.1, -0.05) is 30.3 Å². The number of nitrogens with zero attached hydrogens (tertiary/aromatic N) is 3. The van der Waals surface area contributed by atoms with Gasteiger partial charge in [0.2, 0.25) is 11.8 Å². The third-order valence-electron chi connectivity index (χ3n) is 3.93. The molecule has 132 valence electrons. The standard InChI is InChI=1S/C18H21N3O4/c1-23-16-10-19-11-17(20-16)25-15-8-5-9-21(12-15)18(22)24-13-14-6-3-2-4-7-14/h2-4,6-7,10-11,15H,5,8-9,12-13H2,1H3. The molecule has 0 aliphatic carbocycles. The number of ether oxygens (including phenoxy) is 3. The Morgan fingerprint density at radius 2 is 2.04 bits per heavy atom. The van der Waals surface area contributed by atoms with E-state index in [1.165, 1.54) is 19.5 Å². The van der Waals surface area contributed by atoms with Crippen molar-refractivity contribution in [2.45, 2.75) is 25.6 Å². The lowest BCUT2D eigenvalue weighted by Gasteiger charge is -2.31. The average molecular weight is 343 g/mol. The maximum atomic E-state index is 12.3. The number of methoxy groups -OCH3 is 1. The highest BCUT2D eigenvalue weighted by Crippen LogP contribution is 2.19. The summed E-state index contributed by atoms with van der Waals surface area (Å²) in [7, 11) is 1.53. The van der Waals surface area contributed by atoms with Gasteiger partial charge in [-0.2, -0.15) is 4.98 Å². The molecule has 25 heavy (non-hydrogen) atoms. The number of hydrogen-bond donors (Lipinski definition) is 0. The van der Waals surface area contributed by atoms with Crippen LogP contribution in [0.15, 0.2) is 42.7 Å². The molecule has 0 N–H and O–H groups in total. The number of hydrogen-bond acceptors (Lipinski definition) is 6. The number of amides is 1. The van der Waals surface area contributed by atoms with Crippen LogP contribution < -0.4 is 9.47 Å². The van der Waals surface area contributed by atoms with Crippen LogP contribution in [0.3, 0.4) is 0 Å². The molecule has 1 aliphatic rings. The molecule has 2 aromatic rings. The fraction of sp³-hybridized carbons (Fsp3) is 0.389. The van der Waals surface area contributed by atoms with E-state index in [1.807, 2.05) is 30.3 Å². The van der Waals surface area contributed by atoms with Crippen molar-refractivity contribution in [3.63, 3.8) is 0 Å². The third-order valence-corrected chi connectivity index (χ3v) is 3.93. The SMILES string of the molecule is COc1cncc(OC2CCCN(C(=O)OCc3ccccc3)C2)n1. The van der Waals surface area contributed by atoms with Crippen molar-refractivity contribution >= 4 is 6.09 Å². The minimum Gasteiger partial charge on any atom is -0.480 e. The summed E-state index contributed by atoms with van der Waals surface area (Å²) < 4.78 is 16.3. The number of likely N-dealkylation sites (tertiary alicyclic amines) is 1. The molecule has 0 spiro atoms. The second-order valence-electron chi connectivity index (χ2n) is 5.77. The lowest BCUT2D eigenvalue weighted by Crippen LogP contribution is -2.44. The lowest BCUT2D eigenvalue weighted by atomic mass is 10.1. The Hall–Kier alpha value is -2.83. The zero-order valence-corrected chi connectivity index (χ0v) is 14.1. The van der Waals surface area contributed by atoms with Crippen LogP contribution in [0.2, 0.25) is 0 Å². The summed E-state index contributed by atoms with van der Waals surface area (Å²) in [5, 5.41) is 0. The second kappa shape index (κ2) is 8.32. The number of piperidine rings is 1. The molecule has 1 fully saturated rings. The van der Waals surface area contributed by atoms with Gasteiger partial charge in [0.25, 0.3) is 0 Å². The summed E-state index contributed by atoms with van der Waals surface area (Å²) in [4.78, 5) is 22.2. The molecule has 1 unspecified atom stereocenters. The Balaban J connectivity index is 1.52. The molecule has 1 aromatic carbocycles. The van der Waals surface area contributed by atoms with E-state index < -0.39 is 0 Å². The summed E-state index contributed by atoms with van der Waals surface area (Å²) in [5.41, 5.74) is 0.965. The highest BCUT2D eigenvalue weighted by Gasteiger charge is 2.26. The molecule has 1 atom stereocenters. The summed E-state index contributed by atoms with van der Waals surface area (Å²) in [6, 6.07) is 9.62. The van der Waals surface area contributed by atoms with Gasteiger partial charge in [0.1, 0.15) is 12.7 Å². The molecule has 2 heterocycles. The van der Waals surface area contributed by atoms with Gasteiger partial charge in [0.05, 0.1) is 26.0 Å². The topological polar surface area (TPSA) is 73.8 Å². The zero-order chi connectivity index (χ0) is 17.5. The zero-order valence-electron chi connectivity index (χ0n) is 14.1. The van der Waals surface area contributed by atoms with Gasteiger partial charge in [0, 0.05) is 6.54 Å². The number of carbonyl (C=O) groups is 1. The number of rotatable bonds is 5. The van der Waals surface area contributed by atoms with E-state index in [0.29, 0.717) is 24.8 Å². The maximum absolute atomic E-state index is 12.3. The molecule has 0 bridgehead atoms. The predicted molar refractivity (Wildman–Crippen MR) is 90.4 cm³/mol. The van der Waals surface area contributed by atoms with Gasteiger partial charge in [-0.3, -0.25) is 4.98 Å². The van der Waals surface area contributed by atoms with Gasteiger partial charge in [-0.15, -0.1) is 0 Å². The highest BCUT2D eigenvalue weighted by atomic mass is 16.6. The second-order valence-corrected chi connectivity index (χ2v) is 5.77. The Morgan fingerprint density at radius 3 is 2.84 bits per heavy atom. The Labute approximate surface area is 146 Å². The van der Waals surface area contributed by atoms with Crippen LogP contribution in [-0.4, -0.2) is 47.3 Å². The van der Waals surface area contributed by atoms with Gasteiger partial charge in [-0.25, -0.2) is 4.79 Å². The molecule has 7 nitrogen and oxygen atoms in total. The highest BCUT2D eigenvalue weighted by molar-refractivity contribution is 5.67. The van der Waals surface area contributed by atoms with Crippen molar-refractivity contribution in [1.29, 1.82) is 0 Å². The summed E-state index contributed by atoms with van der Waals surface area (Å²) >= 11 is 0. The molecule has 1 aromatic heterocycles. The Bertz CT molecular complexity index is 696. The van der Waals surface area contributed by atoms with Crippen molar-refractivity contribution in [3.8, 4) is 11.8 Å². The molecular weight excluding hydrogens is 322 g/mol. The van der Waals surface area contributed by atoms with Crippen molar-refractivity contribution < 1.29 is 19.0 Å². The van der Waals surface area contributed by atoms with E-state index in [4.69, 9.17) is 14.2 Å². The first-order chi connectivity index (χ1) is 12.2. The monoisotopic (exact) mass is 343 g/mol. The first kappa shape index (κ1) is 17.0. The van der Waals surface area contributed by atoms with Crippen LogP contribution in [-0.2, 0) is 11.3 Å². The maximum Gasteiger partial charge on any atom is 0.410 e. The van der Waals surface area contributed by atoms with Crippen molar-refractivity contribution in [1.82, 2.24) is 14.9 Å². The summed E-state index contributed by atoms with van der Waals surface area (Å²) in [6.45, 7) is 1.40. The smallest absolute Gasteiger partial charge is 0.410 e. The molecule has 7 heteroatoms. The van der Waals surface area contributed by atoms with Gasteiger partial charge >= 0.3 is 6.09 Å². The van der Waals surface area contributed by atoms with Crippen molar-refractivity contribution in [2.24, 2.45) is 0 Å². The van der Waals surface area contributed by atoms with E-state index >= 15 is 0 Å². The molecule has 1 saturated heterocycles. The number of benzene rings is 1. The van der Waals surface area contributed by atoms with Crippen molar-refractivity contribution in [3.05, 3.63) is 48.3 Å². The van der Waals surface area contributed by atoms with E-state index in [9.17, 15) is 4.79 Å².